The van der Waals surface area contributed by atoms with Gasteiger partial charge in [0.1, 0.15) is 5.69 Å². The van der Waals surface area contributed by atoms with E-state index in [1.165, 1.54) is 0 Å². The van der Waals surface area contributed by atoms with E-state index in [-0.39, 0.29) is 17.8 Å². The summed E-state index contributed by atoms with van der Waals surface area (Å²) in [6.45, 7) is 1.76. The van der Waals surface area contributed by atoms with E-state index in [1.807, 2.05) is 0 Å². The average molecular weight is 300 g/mol. The molecule has 8 heteroatoms. The van der Waals surface area contributed by atoms with E-state index in [4.69, 9.17) is 5.11 Å². The molecule has 1 aromatic rings. The summed E-state index contributed by atoms with van der Waals surface area (Å²) in [5, 5.41) is 16.6. The van der Waals surface area contributed by atoms with Crippen LogP contribution in [0.5, 0.6) is 0 Å². The number of aliphatic hydroxyl groups is 1. The molecule has 1 atom stereocenters. The molecule has 20 heavy (non-hydrogen) atoms. The number of hydrogen-bond acceptors (Lipinski definition) is 5. The lowest BCUT2D eigenvalue weighted by atomic mass is 10.00. The van der Waals surface area contributed by atoms with Gasteiger partial charge in [-0.1, -0.05) is 5.21 Å². The first-order valence-corrected chi connectivity index (χ1v) is 8.59. The van der Waals surface area contributed by atoms with Gasteiger partial charge in [-0.25, -0.2) is 12.7 Å². The molecule has 1 N–H and O–H groups in total. The Bertz CT molecular complexity index is 567. The number of sulfonamides is 1. The largest absolute Gasteiger partial charge is 0.390 e. The van der Waals surface area contributed by atoms with Crippen LogP contribution in [0.3, 0.4) is 0 Å². The molecule has 2 aliphatic rings. The molecule has 0 bridgehead atoms. The van der Waals surface area contributed by atoms with Gasteiger partial charge < -0.3 is 5.11 Å². The zero-order valence-corrected chi connectivity index (χ0v) is 12.2. The first kappa shape index (κ1) is 14.0. The average Bonchev–Trinajstić information content (AvgIpc) is 3.21. The predicted octanol–water partition coefficient (Wildman–Crippen LogP) is -0.0254. The summed E-state index contributed by atoms with van der Waals surface area (Å²) in [6, 6.07) is 0. The summed E-state index contributed by atoms with van der Waals surface area (Å²) in [5.41, 5.74) is 0.545. The molecule has 0 spiro atoms. The highest BCUT2D eigenvalue weighted by Gasteiger charge is 2.41. The number of rotatable bonds is 5. The SMILES string of the molecule is O=S(=O)(C1CC1)N1CCCC(Cn2cc(CO)nn2)C1. The van der Waals surface area contributed by atoms with Crippen LogP contribution in [0, 0.1) is 5.92 Å². The van der Waals surface area contributed by atoms with Gasteiger partial charge in [0.05, 0.1) is 18.1 Å². The fourth-order valence-electron chi connectivity index (χ4n) is 2.75. The third kappa shape index (κ3) is 2.87. The Morgan fingerprint density at radius 2 is 2.15 bits per heavy atom. The van der Waals surface area contributed by atoms with Crippen LogP contribution < -0.4 is 0 Å². The maximum Gasteiger partial charge on any atom is 0.216 e. The summed E-state index contributed by atoms with van der Waals surface area (Å²) in [4.78, 5) is 0. The molecular weight excluding hydrogens is 280 g/mol. The Hall–Kier alpha value is -0.990. The molecule has 1 saturated carbocycles. The standard InChI is InChI=1S/C12H20N4O3S/c17-9-11-8-15(14-13-11)6-10-2-1-5-16(7-10)20(18,19)12-3-4-12/h8,10,12,17H,1-7,9H2. The normalized spacial score (nSPS) is 24.9. The van der Waals surface area contributed by atoms with E-state index in [1.54, 1.807) is 15.2 Å². The Balaban J connectivity index is 1.63. The molecule has 1 aromatic heterocycles. The Labute approximate surface area is 118 Å². The maximum atomic E-state index is 12.3. The van der Waals surface area contributed by atoms with Gasteiger partial charge in [0, 0.05) is 19.6 Å². The third-order valence-electron chi connectivity index (χ3n) is 3.98. The lowest BCUT2D eigenvalue weighted by Gasteiger charge is -2.31. The summed E-state index contributed by atoms with van der Waals surface area (Å²) >= 11 is 0. The minimum atomic E-state index is -3.07. The first-order chi connectivity index (χ1) is 9.59. The topological polar surface area (TPSA) is 88.3 Å². The van der Waals surface area contributed by atoms with Crippen LogP contribution in [0.15, 0.2) is 6.20 Å². The first-order valence-electron chi connectivity index (χ1n) is 7.08. The molecule has 2 fully saturated rings. The molecular formula is C12H20N4O3S. The highest BCUT2D eigenvalue weighted by molar-refractivity contribution is 7.90. The van der Waals surface area contributed by atoms with Crippen LogP contribution in [0.1, 0.15) is 31.4 Å². The second-order valence-corrected chi connectivity index (χ2v) is 7.91. The molecule has 1 unspecified atom stereocenters. The van der Waals surface area contributed by atoms with Crippen molar-refractivity contribution in [3.8, 4) is 0 Å². The summed E-state index contributed by atoms with van der Waals surface area (Å²) < 4.78 is 27.9. The molecule has 1 aliphatic carbocycles. The van der Waals surface area contributed by atoms with E-state index < -0.39 is 10.0 Å². The Morgan fingerprint density at radius 3 is 2.80 bits per heavy atom. The van der Waals surface area contributed by atoms with Crippen molar-refractivity contribution in [1.82, 2.24) is 19.3 Å². The summed E-state index contributed by atoms with van der Waals surface area (Å²) in [6.07, 6.45) is 5.25. The molecule has 1 aliphatic heterocycles. The number of aromatic nitrogens is 3. The lowest BCUT2D eigenvalue weighted by Crippen LogP contribution is -2.42. The smallest absolute Gasteiger partial charge is 0.216 e. The van der Waals surface area contributed by atoms with Crippen LogP contribution in [0.2, 0.25) is 0 Å². The van der Waals surface area contributed by atoms with Gasteiger partial charge >= 0.3 is 0 Å². The zero-order chi connectivity index (χ0) is 14.2. The van der Waals surface area contributed by atoms with Crippen LogP contribution in [0.4, 0.5) is 0 Å². The summed E-state index contributed by atoms with van der Waals surface area (Å²) in [5.74, 6) is 0.269. The minimum absolute atomic E-state index is 0.118. The molecule has 0 aromatic carbocycles. The van der Waals surface area contributed by atoms with Crippen molar-refractivity contribution in [2.75, 3.05) is 13.1 Å². The van der Waals surface area contributed by atoms with Crippen LogP contribution in [-0.2, 0) is 23.2 Å². The van der Waals surface area contributed by atoms with Crippen molar-refractivity contribution in [2.45, 2.75) is 44.1 Å². The minimum Gasteiger partial charge on any atom is -0.390 e. The fraction of sp³-hybridized carbons (Fsp3) is 0.833. The van der Waals surface area contributed by atoms with E-state index in [0.717, 1.165) is 25.7 Å². The number of hydrogen-bond donors (Lipinski definition) is 1. The highest BCUT2D eigenvalue weighted by Crippen LogP contribution is 2.33. The van der Waals surface area contributed by atoms with Crippen molar-refractivity contribution in [3.63, 3.8) is 0 Å². The van der Waals surface area contributed by atoms with Crippen molar-refractivity contribution in [1.29, 1.82) is 0 Å². The summed E-state index contributed by atoms with van der Waals surface area (Å²) in [7, 11) is -3.07. The number of piperidine rings is 1. The predicted molar refractivity (Wildman–Crippen MR) is 72.2 cm³/mol. The second kappa shape index (κ2) is 5.42. The van der Waals surface area contributed by atoms with E-state index in [9.17, 15) is 8.42 Å². The molecule has 0 radical (unpaired) electrons. The quantitative estimate of drug-likeness (QED) is 0.825. The van der Waals surface area contributed by atoms with Gasteiger partial charge in [-0.15, -0.1) is 5.10 Å². The van der Waals surface area contributed by atoms with Crippen molar-refractivity contribution < 1.29 is 13.5 Å². The number of aliphatic hydroxyl groups excluding tert-OH is 1. The molecule has 3 rings (SSSR count). The van der Waals surface area contributed by atoms with Gasteiger partial charge in [0.25, 0.3) is 0 Å². The van der Waals surface area contributed by atoms with Gasteiger partial charge in [-0.3, -0.25) is 4.68 Å². The van der Waals surface area contributed by atoms with Gasteiger partial charge in [-0.2, -0.15) is 0 Å². The van der Waals surface area contributed by atoms with E-state index in [0.29, 0.717) is 25.3 Å². The van der Waals surface area contributed by atoms with Gasteiger partial charge in [-0.05, 0) is 31.6 Å². The van der Waals surface area contributed by atoms with Crippen molar-refractivity contribution in [3.05, 3.63) is 11.9 Å². The van der Waals surface area contributed by atoms with Gasteiger partial charge in [0.2, 0.25) is 10.0 Å². The van der Waals surface area contributed by atoms with Crippen molar-refractivity contribution in [2.24, 2.45) is 5.92 Å². The molecule has 0 amide bonds. The number of nitrogens with zero attached hydrogens (tertiary/aromatic N) is 4. The molecule has 112 valence electrons. The Morgan fingerprint density at radius 1 is 1.35 bits per heavy atom. The molecule has 1 saturated heterocycles. The van der Waals surface area contributed by atoms with E-state index >= 15 is 0 Å². The second-order valence-electron chi connectivity index (χ2n) is 5.70. The lowest BCUT2D eigenvalue weighted by molar-refractivity contribution is 0.238. The van der Waals surface area contributed by atoms with Crippen LogP contribution in [0.25, 0.3) is 0 Å². The van der Waals surface area contributed by atoms with Crippen LogP contribution >= 0.6 is 0 Å². The molecule has 7 nitrogen and oxygen atoms in total. The zero-order valence-electron chi connectivity index (χ0n) is 11.3. The van der Waals surface area contributed by atoms with Crippen LogP contribution in [-0.4, -0.2) is 51.2 Å². The third-order valence-corrected chi connectivity index (χ3v) is 6.35. The highest BCUT2D eigenvalue weighted by atomic mass is 32.2. The van der Waals surface area contributed by atoms with E-state index in [2.05, 4.69) is 10.3 Å². The molecule has 2 heterocycles. The van der Waals surface area contributed by atoms with Crippen molar-refractivity contribution >= 4 is 10.0 Å². The maximum absolute atomic E-state index is 12.3. The van der Waals surface area contributed by atoms with Gasteiger partial charge in [0.15, 0.2) is 0 Å². The Kier molecular flexibility index (Phi) is 3.78. The monoisotopic (exact) mass is 300 g/mol. The fourth-order valence-corrected chi connectivity index (χ4v) is 4.70.